The molecule has 1 amide bonds. The molecule has 0 aliphatic rings. The van der Waals surface area contributed by atoms with Gasteiger partial charge >= 0.3 is 0 Å². The summed E-state index contributed by atoms with van der Waals surface area (Å²) in [6.07, 6.45) is 1.37. The smallest absolute Gasteiger partial charge is 0.255 e. The van der Waals surface area contributed by atoms with Crippen molar-refractivity contribution in [1.82, 2.24) is 15.2 Å². The molecular weight excluding hydrogens is 295 g/mol. The molecule has 0 unspecified atom stereocenters. The molecule has 23 heavy (non-hydrogen) atoms. The summed E-state index contributed by atoms with van der Waals surface area (Å²) in [4.78, 5) is 16.3. The molecule has 0 fully saturated rings. The summed E-state index contributed by atoms with van der Waals surface area (Å²) in [5.41, 5.74) is 3.33. The standard InChI is InChI=1S/C17H15FN4O/c1-10-3-4-13(7-11(10)2)17(23)21-15-8-12(5-6-14(15)18)16-19-9-20-22-16/h3-9H,1-2H3,(H,21,23)(H,19,20,22). The zero-order valence-electron chi connectivity index (χ0n) is 12.7. The van der Waals surface area contributed by atoms with Gasteiger partial charge in [-0.25, -0.2) is 9.37 Å². The molecule has 1 aromatic heterocycles. The van der Waals surface area contributed by atoms with Crippen LogP contribution in [0.15, 0.2) is 42.7 Å². The highest BCUT2D eigenvalue weighted by Gasteiger charge is 2.12. The lowest BCUT2D eigenvalue weighted by molar-refractivity contribution is 0.102. The van der Waals surface area contributed by atoms with Gasteiger partial charge in [-0.3, -0.25) is 9.89 Å². The number of carbonyl (C=O) groups is 1. The largest absolute Gasteiger partial charge is 0.319 e. The second-order valence-electron chi connectivity index (χ2n) is 5.28. The minimum absolute atomic E-state index is 0.0992. The van der Waals surface area contributed by atoms with Gasteiger partial charge in [0.2, 0.25) is 0 Å². The molecule has 0 saturated heterocycles. The van der Waals surface area contributed by atoms with Gasteiger partial charge in [-0.2, -0.15) is 5.10 Å². The Hall–Kier alpha value is -3.02. The molecule has 6 heteroatoms. The van der Waals surface area contributed by atoms with Crippen molar-refractivity contribution >= 4 is 11.6 Å². The van der Waals surface area contributed by atoms with Crippen molar-refractivity contribution in [2.75, 3.05) is 5.32 Å². The van der Waals surface area contributed by atoms with Crippen LogP contribution in [0, 0.1) is 19.7 Å². The summed E-state index contributed by atoms with van der Waals surface area (Å²) in [6.45, 7) is 3.90. The SMILES string of the molecule is Cc1ccc(C(=O)Nc2cc(-c3ncn[nH]3)ccc2F)cc1C. The van der Waals surface area contributed by atoms with E-state index in [9.17, 15) is 9.18 Å². The van der Waals surface area contributed by atoms with Gasteiger partial charge in [0.25, 0.3) is 5.91 Å². The monoisotopic (exact) mass is 310 g/mol. The van der Waals surface area contributed by atoms with Crippen LogP contribution in [-0.2, 0) is 0 Å². The van der Waals surface area contributed by atoms with Crippen LogP contribution in [-0.4, -0.2) is 21.1 Å². The minimum atomic E-state index is -0.509. The molecule has 0 atom stereocenters. The highest BCUT2D eigenvalue weighted by molar-refractivity contribution is 6.04. The lowest BCUT2D eigenvalue weighted by Gasteiger charge is -2.09. The van der Waals surface area contributed by atoms with E-state index >= 15 is 0 Å². The van der Waals surface area contributed by atoms with Crippen molar-refractivity contribution in [3.63, 3.8) is 0 Å². The molecule has 1 heterocycles. The third kappa shape index (κ3) is 3.11. The van der Waals surface area contributed by atoms with Crippen molar-refractivity contribution in [2.45, 2.75) is 13.8 Å². The predicted molar refractivity (Wildman–Crippen MR) is 85.6 cm³/mol. The Morgan fingerprint density at radius 3 is 2.65 bits per heavy atom. The van der Waals surface area contributed by atoms with Crippen molar-refractivity contribution < 1.29 is 9.18 Å². The second kappa shape index (κ2) is 6.00. The van der Waals surface area contributed by atoms with E-state index in [1.165, 1.54) is 18.5 Å². The van der Waals surface area contributed by atoms with E-state index < -0.39 is 5.82 Å². The maximum atomic E-state index is 14.0. The molecule has 0 radical (unpaired) electrons. The lowest BCUT2D eigenvalue weighted by Crippen LogP contribution is -2.13. The molecule has 3 rings (SSSR count). The van der Waals surface area contributed by atoms with Gasteiger partial charge in [0, 0.05) is 11.1 Å². The lowest BCUT2D eigenvalue weighted by atomic mass is 10.1. The van der Waals surface area contributed by atoms with Crippen LogP contribution < -0.4 is 5.32 Å². The fraction of sp³-hybridized carbons (Fsp3) is 0.118. The number of nitrogens with one attached hydrogen (secondary N) is 2. The Morgan fingerprint density at radius 2 is 1.96 bits per heavy atom. The summed E-state index contributed by atoms with van der Waals surface area (Å²) in [5.74, 6) is -0.362. The van der Waals surface area contributed by atoms with Gasteiger partial charge in [-0.05, 0) is 55.3 Å². The minimum Gasteiger partial charge on any atom is -0.319 e. The number of aromatic nitrogens is 3. The van der Waals surface area contributed by atoms with Crippen LogP contribution in [0.2, 0.25) is 0 Å². The van der Waals surface area contributed by atoms with E-state index in [0.717, 1.165) is 11.1 Å². The molecule has 2 aromatic carbocycles. The van der Waals surface area contributed by atoms with E-state index in [1.807, 2.05) is 19.9 Å². The predicted octanol–water partition coefficient (Wildman–Crippen LogP) is 3.48. The number of nitrogens with zero attached hydrogens (tertiary/aromatic N) is 2. The number of benzene rings is 2. The first-order valence-corrected chi connectivity index (χ1v) is 7.08. The number of hydrogen-bond acceptors (Lipinski definition) is 3. The molecule has 0 aliphatic heterocycles. The van der Waals surface area contributed by atoms with Gasteiger partial charge in [0.1, 0.15) is 12.1 Å². The normalized spacial score (nSPS) is 10.6. The van der Waals surface area contributed by atoms with Gasteiger partial charge in [0.15, 0.2) is 5.82 Å². The van der Waals surface area contributed by atoms with Crippen molar-refractivity contribution in [1.29, 1.82) is 0 Å². The highest BCUT2D eigenvalue weighted by Crippen LogP contribution is 2.23. The van der Waals surface area contributed by atoms with Crippen LogP contribution in [0.25, 0.3) is 11.4 Å². The summed E-state index contributed by atoms with van der Waals surface area (Å²) >= 11 is 0. The Morgan fingerprint density at radius 1 is 1.13 bits per heavy atom. The molecule has 0 aliphatic carbocycles. The first-order chi connectivity index (χ1) is 11.0. The molecule has 5 nitrogen and oxygen atoms in total. The second-order valence-corrected chi connectivity index (χ2v) is 5.28. The van der Waals surface area contributed by atoms with E-state index in [0.29, 0.717) is 17.0 Å². The third-order valence-corrected chi connectivity index (χ3v) is 3.67. The number of aryl methyl sites for hydroxylation is 2. The average Bonchev–Trinajstić information content (AvgIpc) is 3.06. The Kier molecular flexibility index (Phi) is 3.89. The van der Waals surface area contributed by atoms with E-state index in [1.54, 1.807) is 18.2 Å². The zero-order chi connectivity index (χ0) is 16.4. The van der Waals surface area contributed by atoms with E-state index in [4.69, 9.17) is 0 Å². The molecule has 2 N–H and O–H groups in total. The first-order valence-electron chi connectivity index (χ1n) is 7.08. The summed E-state index contributed by atoms with van der Waals surface area (Å²) in [6, 6.07) is 9.74. The summed E-state index contributed by atoms with van der Waals surface area (Å²) in [7, 11) is 0. The van der Waals surface area contributed by atoms with E-state index in [2.05, 4.69) is 20.5 Å². The van der Waals surface area contributed by atoms with Gasteiger partial charge in [-0.15, -0.1) is 0 Å². The number of H-pyrrole nitrogens is 1. The summed E-state index contributed by atoms with van der Waals surface area (Å²) in [5, 5.41) is 9.06. The highest BCUT2D eigenvalue weighted by atomic mass is 19.1. The molecule has 0 bridgehead atoms. The Labute approximate surface area is 132 Å². The number of rotatable bonds is 3. The number of amides is 1. The number of hydrogen-bond donors (Lipinski definition) is 2. The molecule has 116 valence electrons. The van der Waals surface area contributed by atoms with Gasteiger partial charge < -0.3 is 5.32 Å². The fourth-order valence-corrected chi connectivity index (χ4v) is 2.19. The maximum absolute atomic E-state index is 14.0. The van der Waals surface area contributed by atoms with Gasteiger partial charge in [0.05, 0.1) is 5.69 Å². The van der Waals surface area contributed by atoms with E-state index in [-0.39, 0.29) is 11.6 Å². The van der Waals surface area contributed by atoms with Gasteiger partial charge in [-0.1, -0.05) is 6.07 Å². The van der Waals surface area contributed by atoms with Crippen molar-refractivity contribution in [3.8, 4) is 11.4 Å². The molecule has 0 saturated carbocycles. The molecular formula is C17H15FN4O. The first kappa shape index (κ1) is 14.9. The fourth-order valence-electron chi connectivity index (χ4n) is 2.19. The van der Waals surface area contributed by atoms with Crippen LogP contribution >= 0.6 is 0 Å². The third-order valence-electron chi connectivity index (χ3n) is 3.67. The van der Waals surface area contributed by atoms with Crippen LogP contribution in [0.4, 0.5) is 10.1 Å². The zero-order valence-corrected chi connectivity index (χ0v) is 12.7. The maximum Gasteiger partial charge on any atom is 0.255 e. The number of aromatic amines is 1. The van der Waals surface area contributed by atoms with Crippen LogP contribution in [0.1, 0.15) is 21.5 Å². The number of anilines is 1. The number of halogens is 1. The van der Waals surface area contributed by atoms with Crippen LogP contribution in [0.5, 0.6) is 0 Å². The molecule has 3 aromatic rings. The Bertz CT molecular complexity index is 859. The van der Waals surface area contributed by atoms with Crippen LogP contribution in [0.3, 0.4) is 0 Å². The van der Waals surface area contributed by atoms with Crippen molar-refractivity contribution in [3.05, 3.63) is 65.2 Å². The summed E-state index contributed by atoms with van der Waals surface area (Å²) < 4.78 is 14.0. The molecule has 0 spiro atoms. The van der Waals surface area contributed by atoms with Crippen molar-refractivity contribution in [2.24, 2.45) is 0 Å². The quantitative estimate of drug-likeness (QED) is 0.778. The number of carbonyl (C=O) groups excluding carboxylic acids is 1. The topological polar surface area (TPSA) is 70.7 Å². The average molecular weight is 310 g/mol. The Balaban J connectivity index is 1.88.